The number of rotatable bonds is 1. The van der Waals surface area contributed by atoms with Gasteiger partial charge in [0.1, 0.15) is 7.05 Å². The maximum Gasteiger partial charge on any atom is 0.217 e. The van der Waals surface area contributed by atoms with E-state index in [1.165, 1.54) is 44.3 Å². The number of pyridine rings is 1. The molecule has 0 N–H and O–H groups in total. The van der Waals surface area contributed by atoms with Crippen molar-refractivity contribution in [3.8, 4) is 11.3 Å². The molecule has 1 aliphatic carbocycles. The Morgan fingerprint density at radius 2 is 1.73 bits per heavy atom. The Kier molecular flexibility index (Phi) is 3.60. The maximum atomic E-state index is 2.40. The molecule has 26 heavy (non-hydrogen) atoms. The van der Waals surface area contributed by atoms with Gasteiger partial charge >= 0.3 is 0 Å². The molecule has 0 fully saturated rings. The first-order valence-corrected chi connectivity index (χ1v) is 9.66. The van der Waals surface area contributed by atoms with Gasteiger partial charge in [-0.3, -0.25) is 0 Å². The molecular weight excluding hydrogens is 314 g/mol. The molecular formula is C25H30N+. The van der Waals surface area contributed by atoms with E-state index in [1.54, 1.807) is 0 Å². The van der Waals surface area contributed by atoms with Crippen LogP contribution in [0.15, 0.2) is 42.6 Å². The number of aromatic nitrogens is 1. The van der Waals surface area contributed by atoms with E-state index in [0.717, 1.165) is 6.42 Å². The van der Waals surface area contributed by atoms with E-state index in [-0.39, 0.29) is 10.8 Å². The van der Waals surface area contributed by atoms with E-state index in [2.05, 4.69) is 95.8 Å². The van der Waals surface area contributed by atoms with Gasteiger partial charge < -0.3 is 0 Å². The Bertz CT molecular complexity index is 1030. The van der Waals surface area contributed by atoms with Crippen LogP contribution in [0.1, 0.15) is 56.9 Å². The van der Waals surface area contributed by atoms with Crippen LogP contribution in [0, 0.1) is 12.3 Å². The van der Waals surface area contributed by atoms with E-state index in [0.29, 0.717) is 0 Å². The minimum Gasteiger partial charge on any atom is -0.201 e. The minimum atomic E-state index is -0.00472. The lowest BCUT2D eigenvalue weighted by Crippen LogP contribution is -2.39. The average molecular weight is 345 g/mol. The van der Waals surface area contributed by atoms with E-state index < -0.39 is 0 Å². The van der Waals surface area contributed by atoms with Crippen molar-refractivity contribution in [2.75, 3.05) is 0 Å². The van der Waals surface area contributed by atoms with Crippen LogP contribution in [-0.2, 0) is 18.9 Å². The summed E-state index contributed by atoms with van der Waals surface area (Å²) in [5.41, 5.74) is 8.90. The molecule has 0 aliphatic heterocycles. The fraction of sp³-hybridized carbons (Fsp3) is 0.400. The molecule has 1 nitrogen and oxygen atoms in total. The molecule has 0 spiro atoms. The van der Waals surface area contributed by atoms with Gasteiger partial charge in [-0.15, -0.1) is 0 Å². The second kappa shape index (κ2) is 5.42. The quantitative estimate of drug-likeness (QED) is 0.486. The van der Waals surface area contributed by atoms with Crippen molar-refractivity contribution in [3.63, 3.8) is 0 Å². The molecule has 1 heteroatoms. The Hall–Kier alpha value is -2.15. The monoisotopic (exact) mass is 344 g/mol. The fourth-order valence-electron chi connectivity index (χ4n) is 4.85. The van der Waals surface area contributed by atoms with Crippen LogP contribution in [0.4, 0.5) is 0 Å². The molecule has 0 bridgehead atoms. The van der Waals surface area contributed by atoms with Crippen LogP contribution in [0.5, 0.6) is 0 Å². The topological polar surface area (TPSA) is 3.88 Å². The van der Waals surface area contributed by atoms with Gasteiger partial charge in [-0.25, -0.2) is 4.57 Å². The molecule has 4 rings (SSSR count). The minimum absolute atomic E-state index is 0.00472. The third kappa shape index (κ3) is 2.40. The largest absolute Gasteiger partial charge is 0.217 e. The first-order valence-electron chi connectivity index (χ1n) is 9.66. The Balaban J connectivity index is 2.19. The average Bonchev–Trinajstić information content (AvgIpc) is 2.54. The highest BCUT2D eigenvalue weighted by Gasteiger charge is 2.41. The molecule has 1 aliphatic rings. The number of nitrogens with zero attached hydrogens (tertiary/aromatic N) is 1. The number of benzene rings is 2. The van der Waals surface area contributed by atoms with Crippen molar-refractivity contribution in [1.29, 1.82) is 0 Å². The summed E-state index contributed by atoms with van der Waals surface area (Å²) in [6.45, 7) is 14.1. The molecule has 0 unspecified atom stereocenters. The lowest BCUT2D eigenvalue weighted by atomic mass is 9.66. The molecule has 1 aromatic heterocycles. The van der Waals surface area contributed by atoms with E-state index >= 15 is 0 Å². The van der Waals surface area contributed by atoms with E-state index in [9.17, 15) is 0 Å². The fourth-order valence-corrected chi connectivity index (χ4v) is 4.85. The number of hydrogen-bond donors (Lipinski definition) is 0. The second-order valence-corrected chi connectivity index (χ2v) is 9.70. The summed E-state index contributed by atoms with van der Waals surface area (Å²) in [7, 11) is 2.20. The third-order valence-corrected chi connectivity index (χ3v) is 5.92. The summed E-state index contributed by atoms with van der Waals surface area (Å²) in [4.78, 5) is 0. The van der Waals surface area contributed by atoms with Crippen LogP contribution >= 0.6 is 0 Å². The SMILES string of the molecule is Cc1ccc2cccc3c2c1-c1c(c(CC(C)(C)C)cc[n+]1C)C3(C)C. The summed E-state index contributed by atoms with van der Waals surface area (Å²) < 4.78 is 2.33. The van der Waals surface area contributed by atoms with Crippen molar-refractivity contribution in [3.05, 3.63) is 64.8 Å². The summed E-state index contributed by atoms with van der Waals surface area (Å²) in [6, 6.07) is 13.7. The van der Waals surface area contributed by atoms with Crippen LogP contribution in [0.25, 0.3) is 22.0 Å². The predicted octanol–water partition coefficient (Wildman–Crippen LogP) is 5.87. The molecule has 2 aromatic carbocycles. The zero-order chi connectivity index (χ0) is 18.9. The van der Waals surface area contributed by atoms with Crippen LogP contribution in [-0.4, -0.2) is 0 Å². The van der Waals surface area contributed by atoms with Gasteiger partial charge in [0.15, 0.2) is 6.20 Å². The second-order valence-electron chi connectivity index (χ2n) is 9.70. The van der Waals surface area contributed by atoms with Crippen molar-refractivity contribution < 1.29 is 4.57 Å². The lowest BCUT2D eigenvalue weighted by Gasteiger charge is -2.36. The van der Waals surface area contributed by atoms with Crippen molar-refractivity contribution in [2.24, 2.45) is 12.5 Å². The highest BCUT2D eigenvalue weighted by atomic mass is 14.9. The normalized spacial score (nSPS) is 15.2. The Morgan fingerprint density at radius 3 is 2.42 bits per heavy atom. The smallest absolute Gasteiger partial charge is 0.201 e. The standard InChI is InChI=1S/C25H30N/c1-16-11-12-17-9-8-10-19-21(17)20(16)23-22(25(19,5)6)18(13-14-26(23)7)15-24(2,3)4/h8-14H,15H2,1-7H3/q+1. The Morgan fingerprint density at radius 1 is 1.00 bits per heavy atom. The molecule has 0 saturated carbocycles. The van der Waals surface area contributed by atoms with Gasteiger partial charge in [-0.05, 0) is 46.2 Å². The van der Waals surface area contributed by atoms with Gasteiger partial charge in [-0.2, -0.15) is 0 Å². The highest BCUT2D eigenvalue weighted by molar-refractivity contribution is 6.03. The molecule has 1 heterocycles. The van der Waals surface area contributed by atoms with Crippen molar-refractivity contribution >= 4 is 10.8 Å². The summed E-state index contributed by atoms with van der Waals surface area (Å²) in [5, 5.41) is 2.79. The molecule has 3 aromatic rings. The summed E-state index contributed by atoms with van der Waals surface area (Å²) >= 11 is 0. The van der Waals surface area contributed by atoms with Crippen molar-refractivity contribution in [2.45, 2.75) is 53.4 Å². The zero-order valence-corrected chi connectivity index (χ0v) is 17.2. The molecule has 0 amide bonds. The maximum absolute atomic E-state index is 2.40. The van der Waals surface area contributed by atoms with Gasteiger partial charge in [0.2, 0.25) is 5.69 Å². The van der Waals surface area contributed by atoms with Gasteiger partial charge in [0, 0.05) is 17.0 Å². The van der Waals surface area contributed by atoms with Gasteiger partial charge in [-0.1, -0.05) is 65.0 Å². The predicted molar refractivity (Wildman–Crippen MR) is 111 cm³/mol. The van der Waals surface area contributed by atoms with Crippen LogP contribution in [0.2, 0.25) is 0 Å². The van der Waals surface area contributed by atoms with Crippen LogP contribution < -0.4 is 4.57 Å². The number of aryl methyl sites for hydroxylation is 2. The lowest BCUT2D eigenvalue weighted by molar-refractivity contribution is -0.661. The molecule has 134 valence electrons. The van der Waals surface area contributed by atoms with Crippen molar-refractivity contribution in [1.82, 2.24) is 0 Å². The van der Waals surface area contributed by atoms with E-state index in [4.69, 9.17) is 0 Å². The Labute approximate surface area is 157 Å². The third-order valence-electron chi connectivity index (χ3n) is 5.92. The summed E-state index contributed by atoms with van der Waals surface area (Å²) in [5.74, 6) is 0. The number of hydrogen-bond acceptors (Lipinski definition) is 0. The first-order chi connectivity index (χ1) is 12.1. The first kappa shape index (κ1) is 17.3. The molecule has 0 radical (unpaired) electrons. The molecule has 0 saturated heterocycles. The van der Waals surface area contributed by atoms with Gasteiger partial charge in [0.05, 0.1) is 5.56 Å². The highest BCUT2D eigenvalue weighted by Crippen LogP contribution is 2.49. The van der Waals surface area contributed by atoms with Crippen LogP contribution in [0.3, 0.4) is 0 Å². The number of fused-ring (bicyclic) bond motifs is 2. The van der Waals surface area contributed by atoms with Gasteiger partial charge in [0.25, 0.3) is 0 Å². The van der Waals surface area contributed by atoms with E-state index in [1.807, 2.05) is 0 Å². The summed E-state index contributed by atoms with van der Waals surface area (Å²) in [6.07, 6.45) is 3.35. The molecule has 0 atom stereocenters. The zero-order valence-electron chi connectivity index (χ0n) is 17.2.